The van der Waals surface area contributed by atoms with E-state index >= 15 is 0 Å². The van der Waals surface area contributed by atoms with Gasteiger partial charge in [0.2, 0.25) is 0 Å². The van der Waals surface area contributed by atoms with E-state index in [1.165, 1.54) is 12.1 Å². The molecule has 0 fully saturated rings. The molecule has 2 nitrogen and oxygen atoms in total. The molecule has 0 aliphatic carbocycles. The minimum atomic E-state index is -4.51. The van der Waals surface area contributed by atoms with Gasteiger partial charge in [0.05, 0.1) is 5.69 Å². The van der Waals surface area contributed by atoms with Gasteiger partial charge in [-0.15, -0.1) is 0 Å². The van der Waals surface area contributed by atoms with Crippen molar-refractivity contribution in [3.05, 3.63) is 46.2 Å². The molecule has 0 saturated heterocycles. The van der Waals surface area contributed by atoms with E-state index in [-0.39, 0.29) is 5.15 Å². The van der Waals surface area contributed by atoms with Crippen LogP contribution in [0.15, 0.2) is 30.3 Å². The van der Waals surface area contributed by atoms with E-state index in [0.29, 0.717) is 10.7 Å². The van der Waals surface area contributed by atoms with Crippen molar-refractivity contribution in [3.63, 3.8) is 0 Å². The number of hydrogen-bond acceptors (Lipinski definition) is 1. The third kappa shape index (κ3) is 2.56. The SMILES string of the molecule is FC(F)(F)c1cc(Cl)n(-c2ccc(Cl)cc2)n1. The van der Waals surface area contributed by atoms with E-state index in [4.69, 9.17) is 23.2 Å². The Morgan fingerprint density at radius 2 is 1.65 bits per heavy atom. The fourth-order valence-corrected chi connectivity index (χ4v) is 1.62. The second kappa shape index (κ2) is 4.23. The normalized spacial score (nSPS) is 11.8. The van der Waals surface area contributed by atoms with Crippen LogP contribution in [0.25, 0.3) is 5.69 Å². The van der Waals surface area contributed by atoms with Gasteiger partial charge >= 0.3 is 6.18 Å². The van der Waals surface area contributed by atoms with Crippen LogP contribution >= 0.6 is 23.2 Å². The van der Waals surface area contributed by atoms with Crippen molar-refractivity contribution >= 4 is 23.2 Å². The molecule has 0 radical (unpaired) electrons. The van der Waals surface area contributed by atoms with Crippen molar-refractivity contribution in [2.75, 3.05) is 0 Å². The van der Waals surface area contributed by atoms with E-state index < -0.39 is 11.9 Å². The zero-order valence-electron chi connectivity index (χ0n) is 8.17. The fourth-order valence-electron chi connectivity index (χ4n) is 1.26. The van der Waals surface area contributed by atoms with Gasteiger partial charge in [0.15, 0.2) is 5.69 Å². The first-order chi connectivity index (χ1) is 7.88. The minimum absolute atomic E-state index is 0.111. The first-order valence-corrected chi connectivity index (χ1v) is 5.22. The zero-order valence-corrected chi connectivity index (χ0v) is 9.68. The van der Waals surface area contributed by atoms with Crippen LogP contribution in [0.2, 0.25) is 10.2 Å². The molecule has 0 spiro atoms. The predicted octanol–water partition coefficient (Wildman–Crippen LogP) is 4.20. The molecule has 90 valence electrons. The average molecular weight is 281 g/mol. The number of benzene rings is 1. The van der Waals surface area contributed by atoms with E-state index in [1.54, 1.807) is 12.1 Å². The van der Waals surface area contributed by atoms with Gasteiger partial charge in [-0.2, -0.15) is 18.3 Å². The molecule has 0 atom stereocenters. The Labute approximate surface area is 105 Å². The maximum Gasteiger partial charge on any atom is 0.435 e. The van der Waals surface area contributed by atoms with Crippen LogP contribution in [-0.4, -0.2) is 9.78 Å². The summed E-state index contributed by atoms with van der Waals surface area (Å²) >= 11 is 11.4. The number of alkyl halides is 3. The quantitative estimate of drug-likeness (QED) is 0.766. The van der Waals surface area contributed by atoms with Crippen molar-refractivity contribution in [3.8, 4) is 5.69 Å². The summed E-state index contributed by atoms with van der Waals surface area (Å²) in [6, 6.07) is 6.92. The van der Waals surface area contributed by atoms with Gasteiger partial charge in [0.25, 0.3) is 0 Å². The van der Waals surface area contributed by atoms with Crippen LogP contribution in [0, 0.1) is 0 Å². The molecule has 2 rings (SSSR count). The van der Waals surface area contributed by atoms with Crippen LogP contribution in [0.1, 0.15) is 5.69 Å². The van der Waals surface area contributed by atoms with Crippen molar-refractivity contribution in [2.24, 2.45) is 0 Å². The monoisotopic (exact) mass is 280 g/mol. The highest BCUT2D eigenvalue weighted by molar-refractivity contribution is 6.30. The molecule has 0 aliphatic heterocycles. The molecule has 17 heavy (non-hydrogen) atoms. The van der Waals surface area contributed by atoms with Gasteiger partial charge in [-0.3, -0.25) is 0 Å². The first kappa shape index (κ1) is 12.3. The van der Waals surface area contributed by atoms with Crippen molar-refractivity contribution in [2.45, 2.75) is 6.18 Å². The summed E-state index contributed by atoms with van der Waals surface area (Å²) in [5.74, 6) is 0. The second-order valence-corrected chi connectivity index (χ2v) is 4.06. The fraction of sp³-hybridized carbons (Fsp3) is 0.100. The molecule has 0 unspecified atom stereocenters. The number of halogens is 5. The summed E-state index contributed by atoms with van der Waals surface area (Å²) in [4.78, 5) is 0. The van der Waals surface area contributed by atoms with Crippen molar-refractivity contribution in [1.82, 2.24) is 9.78 Å². The Morgan fingerprint density at radius 3 is 2.12 bits per heavy atom. The van der Waals surface area contributed by atoms with Gasteiger partial charge in [0.1, 0.15) is 5.15 Å². The Hall–Kier alpha value is -1.20. The summed E-state index contributed by atoms with van der Waals surface area (Å²) in [6.07, 6.45) is -4.51. The van der Waals surface area contributed by atoms with Crippen LogP contribution in [-0.2, 0) is 6.18 Å². The highest BCUT2D eigenvalue weighted by Crippen LogP contribution is 2.31. The van der Waals surface area contributed by atoms with Gasteiger partial charge in [-0.25, -0.2) is 4.68 Å². The van der Waals surface area contributed by atoms with Gasteiger partial charge < -0.3 is 0 Å². The lowest BCUT2D eigenvalue weighted by Crippen LogP contribution is -2.07. The lowest BCUT2D eigenvalue weighted by molar-refractivity contribution is -0.141. The third-order valence-corrected chi connectivity index (χ3v) is 2.55. The minimum Gasteiger partial charge on any atom is -0.222 e. The lowest BCUT2D eigenvalue weighted by atomic mass is 10.3. The average Bonchev–Trinajstić information content (AvgIpc) is 2.61. The highest BCUT2D eigenvalue weighted by atomic mass is 35.5. The van der Waals surface area contributed by atoms with E-state index in [2.05, 4.69) is 5.10 Å². The number of hydrogen-bond donors (Lipinski definition) is 0. The van der Waals surface area contributed by atoms with Crippen molar-refractivity contribution in [1.29, 1.82) is 0 Å². The second-order valence-electron chi connectivity index (χ2n) is 3.24. The Bertz CT molecular complexity index is 531. The standard InChI is InChI=1S/C10H5Cl2F3N2/c11-6-1-3-7(4-2-6)17-9(12)5-8(16-17)10(13,14)15/h1-5H. The first-order valence-electron chi connectivity index (χ1n) is 4.46. The Balaban J connectivity index is 2.46. The number of aromatic nitrogens is 2. The number of nitrogens with zero attached hydrogens (tertiary/aromatic N) is 2. The molecule has 1 heterocycles. The summed E-state index contributed by atoms with van der Waals surface area (Å²) in [5.41, 5.74) is -0.618. The largest absolute Gasteiger partial charge is 0.435 e. The van der Waals surface area contributed by atoms with Crippen LogP contribution in [0.3, 0.4) is 0 Å². The highest BCUT2D eigenvalue weighted by Gasteiger charge is 2.34. The molecule has 2 aromatic rings. The smallest absolute Gasteiger partial charge is 0.222 e. The molecular weight excluding hydrogens is 276 g/mol. The molecule has 0 aliphatic rings. The molecule has 0 bridgehead atoms. The van der Waals surface area contributed by atoms with Crippen LogP contribution in [0.4, 0.5) is 13.2 Å². The van der Waals surface area contributed by atoms with Gasteiger partial charge in [0, 0.05) is 11.1 Å². The number of rotatable bonds is 1. The topological polar surface area (TPSA) is 17.8 Å². The summed E-state index contributed by atoms with van der Waals surface area (Å²) in [5, 5.41) is 3.77. The maximum absolute atomic E-state index is 12.4. The maximum atomic E-state index is 12.4. The van der Waals surface area contributed by atoms with Crippen LogP contribution < -0.4 is 0 Å². The molecule has 0 N–H and O–H groups in total. The molecule has 1 aromatic heterocycles. The summed E-state index contributed by atoms with van der Waals surface area (Å²) < 4.78 is 38.2. The van der Waals surface area contributed by atoms with Crippen molar-refractivity contribution < 1.29 is 13.2 Å². The molecule has 1 aromatic carbocycles. The molecule has 0 amide bonds. The third-order valence-electron chi connectivity index (χ3n) is 2.03. The van der Waals surface area contributed by atoms with E-state index in [0.717, 1.165) is 10.7 Å². The molecule has 7 heteroatoms. The Morgan fingerprint density at radius 1 is 1.06 bits per heavy atom. The van der Waals surface area contributed by atoms with E-state index in [9.17, 15) is 13.2 Å². The summed E-state index contributed by atoms with van der Waals surface area (Å²) in [7, 11) is 0. The molecular formula is C10H5Cl2F3N2. The van der Waals surface area contributed by atoms with Gasteiger partial charge in [-0.1, -0.05) is 23.2 Å². The van der Waals surface area contributed by atoms with E-state index in [1.807, 2.05) is 0 Å². The lowest BCUT2D eigenvalue weighted by Gasteiger charge is -2.03. The van der Waals surface area contributed by atoms with Crippen LogP contribution in [0.5, 0.6) is 0 Å². The zero-order chi connectivity index (χ0) is 12.6. The predicted molar refractivity (Wildman–Crippen MR) is 58.6 cm³/mol. The van der Waals surface area contributed by atoms with Gasteiger partial charge in [-0.05, 0) is 24.3 Å². The molecule has 0 saturated carbocycles. The Kier molecular flexibility index (Phi) is 3.05. The summed E-state index contributed by atoms with van der Waals surface area (Å²) in [6.45, 7) is 0.